The van der Waals surface area contributed by atoms with E-state index in [1.165, 1.54) is 6.42 Å². The molecule has 0 aromatic carbocycles. The fourth-order valence-corrected chi connectivity index (χ4v) is 3.39. The lowest BCUT2D eigenvalue weighted by molar-refractivity contribution is -0.229. The molecule has 3 rings (SSSR count). The second-order valence-electron chi connectivity index (χ2n) is 5.11. The molecular formula is C12H16O4. The zero-order valence-corrected chi connectivity index (χ0v) is 9.24. The molecule has 2 saturated heterocycles. The molecule has 0 aromatic heterocycles. The molecule has 2 heterocycles. The standard InChI is InChI=1S/C12H16O4/c13-10-6-9-7-11(14)16-12(9,15-10)8-4-2-1-3-5-8/h8-9H,1-7H2. The molecule has 0 bridgehead atoms. The van der Waals surface area contributed by atoms with Gasteiger partial charge in [-0.3, -0.25) is 9.59 Å². The van der Waals surface area contributed by atoms with E-state index in [9.17, 15) is 9.59 Å². The van der Waals surface area contributed by atoms with Crippen LogP contribution in [-0.2, 0) is 19.1 Å². The predicted molar refractivity (Wildman–Crippen MR) is 54.2 cm³/mol. The first-order chi connectivity index (χ1) is 7.71. The Labute approximate surface area is 94.3 Å². The first kappa shape index (κ1) is 10.1. The van der Waals surface area contributed by atoms with Gasteiger partial charge in [-0.25, -0.2) is 0 Å². The van der Waals surface area contributed by atoms with E-state index in [2.05, 4.69) is 0 Å². The average molecular weight is 224 g/mol. The van der Waals surface area contributed by atoms with E-state index in [-0.39, 0.29) is 23.8 Å². The molecule has 4 heteroatoms. The molecule has 0 unspecified atom stereocenters. The highest BCUT2D eigenvalue weighted by Gasteiger charge is 2.61. The van der Waals surface area contributed by atoms with Gasteiger partial charge in [0.1, 0.15) is 0 Å². The first-order valence-corrected chi connectivity index (χ1v) is 6.14. The first-order valence-electron chi connectivity index (χ1n) is 6.14. The van der Waals surface area contributed by atoms with Crippen molar-refractivity contribution in [3.63, 3.8) is 0 Å². The summed E-state index contributed by atoms with van der Waals surface area (Å²) in [5.74, 6) is -1.10. The Morgan fingerprint density at radius 3 is 2.00 bits per heavy atom. The van der Waals surface area contributed by atoms with Crippen LogP contribution in [0.3, 0.4) is 0 Å². The number of carbonyl (C=O) groups excluding carboxylic acids is 2. The Morgan fingerprint density at radius 1 is 0.875 bits per heavy atom. The lowest BCUT2D eigenvalue weighted by Crippen LogP contribution is -2.43. The minimum Gasteiger partial charge on any atom is -0.422 e. The minimum absolute atomic E-state index is 0.0319. The Morgan fingerprint density at radius 2 is 1.44 bits per heavy atom. The summed E-state index contributed by atoms with van der Waals surface area (Å²) >= 11 is 0. The lowest BCUT2D eigenvalue weighted by atomic mass is 9.78. The minimum atomic E-state index is -0.880. The van der Waals surface area contributed by atoms with Crippen LogP contribution in [0, 0.1) is 11.8 Å². The van der Waals surface area contributed by atoms with Gasteiger partial charge in [0.25, 0.3) is 5.79 Å². The van der Waals surface area contributed by atoms with E-state index in [0.717, 1.165) is 25.7 Å². The third kappa shape index (κ3) is 1.35. The van der Waals surface area contributed by atoms with E-state index >= 15 is 0 Å². The molecule has 3 aliphatic rings. The van der Waals surface area contributed by atoms with Gasteiger partial charge in [-0.05, 0) is 12.8 Å². The number of esters is 2. The SMILES string of the molecule is O=C1CC2CC(=O)OC2(C2CCCCC2)O1. The summed E-state index contributed by atoms with van der Waals surface area (Å²) in [6, 6.07) is 0. The summed E-state index contributed by atoms with van der Waals surface area (Å²) in [5.41, 5.74) is 0. The van der Waals surface area contributed by atoms with Gasteiger partial charge in [0.05, 0.1) is 18.8 Å². The molecule has 3 fully saturated rings. The monoisotopic (exact) mass is 224 g/mol. The van der Waals surface area contributed by atoms with Crippen LogP contribution in [0.15, 0.2) is 0 Å². The van der Waals surface area contributed by atoms with Crippen LogP contribution in [-0.4, -0.2) is 17.7 Å². The highest BCUT2D eigenvalue weighted by atomic mass is 16.7. The molecule has 4 nitrogen and oxygen atoms in total. The van der Waals surface area contributed by atoms with E-state index in [1.807, 2.05) is 0 Å². The maximum absolute atomic E-state index is 11.4. The van der Waals surface area contributed by atoms with Gasteiger partial charge in [-0.2, -0.15) is 0 Å². The maximum atomic E-state index is 11.4. The summed E-state index contributed by atoms with van der Waals surface area (Å²) < 4.78 is 10.8. The van der Waals surface area contributed by atoms with E-state index in [1.54, 1.807) is 0 Å². The Kier molecular flexibility index (Phi) is 2.19. The van der Waals surface area contributed by atoms with Gasteiger partial charge in [0.15, 0.2) is 0 Å². The van der Waals surface area contributed by atoms with Crippen molar-refractivity contribution < 1.29 is 19.1 Å². The number of carbonyl (C=O) groups is 2. The fourth-order valence-electron chi connectivity index (χ4n) is 3.39. The van der Waals surface area contributed by atoms with Crippen molar-refractivity contribution in [3.05, 3.63) is 0 Å². The number of ether oxygens (including phenoxy) is 2. The molecule has 2 aliphatic heterocycles. The van der Waals surface area contributed by atoms with E-state index < -0.39 is 5.79 Å². The van der Waals surface area contributed by atoms with Gasteiger partial charge in [-0.1, -0.05) is 19.3 Å². The van der Waals surface area contributed by atoms with Crippen LogP contribution < -0.4 is 0 Å². The van der Waals surface area contributed by atoms with E-state index in [4.69, 9.17) is 9.47 Å². The van der Waals surface area contributed by atoms with Gasteiger partial charge in [0, 0.05) is 5.92 Å². The van der Waals surface area contributed by atoms with Crippen molar-refractivity contribution in [1.29, 1.82) is 0 Å². The molecule has 0 aromatic rings. The number of hydrogen-bond donors (Lipinski definition) is 0. The van der Waals surface area contributed by atoms with Crippen LogP contribution >= 0.6 is 0 Å². The highest BCUT2D eigenvalue weighted by molar-refractivity contribution is 5.79. The smallest absolute Gasteiger partial charge is 0.309 e. The summed E-state index contributed by atoms with van der Waals surface area (Å²) in [7, 11) is 0. The zero-order chi connectivity index (χ0) is 11.2. The van der Waals surface area contributed by atoms with Gasteiger partial charge < -0.3 is 9.47 Å². The second-order valence-corrected chi connectivity index (χ2v) is 5.11. The van der Waals surface area contributed by atoms with Crippen molar-refractivity contribution in [2.75, 3.05) is 0 Å². The third-order valence-corrected chi connectivity index (χ3v) is 4.12. The van der Waals surface area contributed by atoms with E-state index in [0.29, 0.717) is 12.8 Å². The van der Waals surface area contributed by atoms with Crippen LogP contribution in [0.2, 0.25) is 0 Å². The van der Waals surface area contributed by atoms with Gasteiger partial charge in [-0.15, -0.1) is 0 Å². The van der Waals surface area contributed by atoms with Crippen molar-refractivity contribution in [3.8, 4) is 0 Å². The average Bonchev–Trinajstić information content (AvgIpc) is 2.71. The van der Waals surface area contributed by atoms with Gasteiger partial charge >= 0.3 is 11.9 Å². The van der Waals surface area contributed by atoms with Crippen LogP contribution in [0.5, 0.6) is 0 Å². The normalized spacial score (nSPS) is 39.4. The number of fused-ring (bicyclic) bond motifs is 1. The number of hydrogen-bond acceptors (Lipinski definition) is 4. The van der Waals surface area contributed by atoms with Crippen molar-refractivity contribution in [1.82, 2.24) is 0 Å². The predicted octanol–water partition coefficient (Wildman–Crippen LogP) is 1.77. The summed E-state index contributed by atoms with van der Waals surface area (Å²) in [6.07, 6.45) is 6.25. The molecule has 88 valence electrons. The molecule has 1 aliphatic carbocycles. The number of rotatable bonds is 1. The Balaban J connectivity index is 1.87. The molecule has 0 spiro atoms. The van der Waals surface area contributed by atoms with Crippen molar-refractivity contribution in [2.45, 2.75) is 50.7 Å². The van der Waals surface area contributed by atoms with Gasteiger partial charge in [0.2, 0.25) is 0 Å². The highest BCUT2D eigenvalue weighted by Crippen LogP contribution is 2.50. The Hall–Kier alpha value is -1.06. The molecule has 16 heavy (non-hydrogen) atoms. The molecule has 1 saturated carbocycles. The largest absolute Gasteiger partial charge is 0.422 e. The van der Waals surface area contributed by atoms with Crippen LogP contribution in [0.25, 0.3) is 0 Å². The molecule has 0 atom stereocenters. The topological polar surface area (TPSA) is 52.6 Å². The van der Waals surface area contributed by atoms with Crippen molar-refractivity contribution >= 4 is 11.9 Å². The molecule has 0 amide bonds. The zero-order valence-electron chi connectivity index (χ0n) is 9.24. The fraction of sp³-hybridized carbons (Fsp3) is 0.833. The third-order valence-electron chi connectivity index (χ3n) is 4.12. The summed E-state index contributed by atoms with van der Waals surface area (Å²) in [5, 5.41) is 0. The Bertz CT molecular complexity index is 310. The molecular weight excluding hydrogens is 208 g/mol. The lowest BCUT2D eigenvalue weighted by Gasteiger charge is -2.36. The molecule has 0 radical (unpaired) electrons. The summed E-state index contributed by atoms with van der Waals surface area (Å²) in [6.45, 7) is 0. The van der Waals surface area contributed by atoms with Crippen molar-refractivity contribution in [2.24, 2.45) is 11.8 Å². The maximum Gasteiger partial charge on any atom is 0.309 e. The molecule has 0 N–H and O–H groups in total. The summed E-state index contributed by atoms with van der Waals surface area (Å²) in [4.78, 5) is 22.8. The second kappa shape index (κ2) is 3.47. The van der Waals surface area contributed by atoms with Crippen LogP contribution in [0.4, 0.5) is 0 Å². The van der Waals surface area contributed by atoms with Crippen LogP contribution in [0.1, 0.15) is 44.9 Å². The quantitative estimate of drug-likeness (QED) is 0.637.